The number of benzene rings is 2. The van der Waals surface area contributed by atoms with Crippen LogP contribution in [-0.2, 0) is 6.61 Å². The predicted octanol–water partition coefficient (Wildman–Crippen LogP) is 5.80. The maximum absolute atomic E-state index is 13.1. The molecule has 2 N–H and O–H groups in total. The quantitative estimate of drug-likeness (QED) is 0.512. The van der Waals surface area contributed by atoms with E-state index in [9.17, 15) is 9.90 Å². The van der Waals surface area contributed by atoms with Crippen molar-refractivity contribution in [1.82, 2.24) is 0 Å². The number of fused-ring (bicyclic) bond motifs is 1. The van der Waals surface area contributed by atoms with Crippen LogP contribution in [0.2, 0.25) is 5.02 Å². The van der Waals surface area contributed by atoms with Crippen LogP contribution in [0, 0.1) is 12.3 Å². The lowest BCUT2D eigenvalue weighted by Gasteiger charge is -2.32. The average Bonchev–Trinajstić information content (AvgIpc) is 3.54. The van der Waals surface area contributed by atoms with Crippen LogP contribution in [0.25, 0.3) is 11.0 Å². The van der Waals surface area contributed by atoms with Crippen molar-refractivity contribution in [2.45, 2.75) is 52.2 Å². The van der Waals surface area contributed by atoms with Gasteiger partial charge in [-0.3, -0.25) is 4.79 Å². The molecular formula is C26H29ClN2O3. The number of hydrogen-bond acceptors (Lipinski definition) is 5. The predicted molar refractivity (Wildman–Crippen MR) is 130 cm³/mol. The molecule has 1 saturated heterocycles. The monoisotopic (exact) mass is 452 g/mol. The molecule has 2 aliphatic rings. The van der Waals surface area contributed by atoms with Gasteiger partial charge >= 0.3 is 0 Å². The summed E-state index contributed by atoms with van der Waals surface area (Å²) in [5, 5.41) is 14.4. The lowest BCUT2D eigenvalue weighted by molar-refractivity contribution is 0.282. The zero-order chi connectivity index (χ0) is 22.5. The van der Waals surface area contributed by atoms with Crippen molar-refractivity contribution in [2.24, 2.45) is 5.41 Å². The molecule has 1 aliphatic carbocycles. The molecule has 2 fully saturated rings. The van der Waals surface area contributed by atoms with Crippen LogP contribution in [0.1, 0.15) is 55.3 Å². The molecule has 32 heavy (non-hydrogen) atoms. The van der Waals surface area contributed by atoms with Crippen molar-refractivity contribution in [3.05, 3.63) is 68.3 Å². The van der Waals surface area contributed by atoms with Crippen molar-refractivity contribution in [1.29, 1.82) is 0 Å². The second kappa shape index (κ2) is 8.13. The van der Waals surface area contributed by atoms with Gasteiger partial charge in [-0.05, 0) is 74.8 Å². The van der Waals surface area contributed by atoms with E-state index in [0.29, 0.717) is 27.3 Å². The van der Waals surface area contributed by atoms with Crippen LogP contribution in [0.15, 0.2) is 45.6 Å². The third-order valence-electron chi connectivity index (χ3n) is 7.16. The summed E-state index contributed by atoms with van der Waals surface area (Å²) >= 11 is 6.08. The molecule has 0 amide bonds. The average molecular weight is 453 g/mol. The maximum atomic E-state index is 13.1. The Labute approximate surface area is 193 Å². The van der Waals surface area contributed by atoms with E-state index in [2.05, 4.69) is 16.3 Å². The minimum absolute atomic E-state index is 0.00681. The van der Waals surface area contributed by atoms with Gasteiger partial charge in [0.25, 0.3) is 0 Å². The van der Waals surface area contributed by atoms with Crippen LogP contribution in [0.5, 0.6) is 0 Å². The zero-order valence-corrected chi connectivity index (χ0v) is 19.3. The highest BCUT2D eigenvalue weighted by Crippen LogP contribution is 2.54. The second-order valence-electron chi connectivity index (χ2n) is 9.49. The highest BCUT2D eigenvalue weighted by molar-refractivity contribution is 6.30. The van der Waals surface area contributed by atoms with Gasteiger partial charge in [0, 0.05) is 41.0 Å². The molecule has 5 rings (SSSR count). The Bertz CT molecular complexity index is 1220. The normalized spacial score (nSPS) is 18.2. The summed E-state index contributed by atoms with van der Waals surface area (Å²) in [6, 6.07) is 10.9. The van der Waals surface area contributed by atoms with Gasteiger partial charge in [0.1, 0.15) is 5.58 Å². The number of piperidine rings is 1. The van der Waals surface area contributed by atoms with Crippen LogP contribution < -0.4 is 15.6 Å². The molecule has 1 aromatic heterocycles. The number of aliphatic hydroxyl groups excluding tert-OH is 1. The molecule has 2 aromatic carbocycles. The van der Waals surface area contributed by atoms with Crippen LogP contribution in [0.4, 0.5) is 11.6 Å². The Balaban J connectivity index is 1.52. The fourth-order valence-electron chi connectivity index (χ4n) is 4.92. The van der Waals surface area contributed by atoms with Crippen molar-refractivity contribution in [3.8, 4) is 0 Å². The van der Waals surface area contributed by atoms with E-state index in [1.54, 1.807) is 18.2 Å². The molecule has 2 heterocycles. The minimum Gasteiger partial charge on any atom is -0.440 e. The highest BCUT2D eigenvalue weighted by Gasteiger charge is 2.44. The molecule has 1 aliphatic heterocycles. The number of hydrogen-bond donors (Lipinski definition) is 2. The Morgan fingerprint density at radius 3 is 2.59 bits per heavy atom. The largest absolute Gasteiger partial charge is 0.440 e. The third kappa shape index (κ3) is 4.00. The Kier molecular flexibility index (Phi) is 5.42. The molecule has 3 aromatic rings. The molecular weight excluding hydrogens is 424 g/mol. The van der Waals surface area contributed by atoms with E-state index >= 15 is 0 Å². The summed E-state index contributed by atoms with van der Waals surface area (Å²) in [6.45, 7) is 5.79. The SMILES string of the molecule is Cc1cc(C(C)Nc2ccc(Cl)cc2CO)c2oc(N3CCC4(CC3)CC4)cc(=O)c2c1. The molecule has 1 unspecified atom stereocenters. The van der Waals surface area contributed by atoms with Crippen molar-refractivity contribution in [2.75, 3.05) is 23.3 Å². The van der Waals surface area contributed by atoms with Gasteiger partial charge in [0.05, 0.1) is 18.0 Å². The Hall–Kier alpha value is -2.50. The summed E-state index contributed by atoms with van der Waals surface area (Å²) < 4.78 is 6.41. The van der Waals surface area contributed by atoms with Gasteiger partial charge in [-0.15, -0.1) is 0 Å². The molecule has 1 atom stereocenters. The minimum atomic E-state index is -0.140. The molecule has 1 saturated carbocycles. The molecule has 0 bridgehead atoms. The standard InChI is InChI=1S/C26H29ClN2O3/c1-16-11-20(17(2)28-22-4-3-19(27)13-18(22)15-30)25-21(12-16)23(31)14-24(32-25)29-9-7-26(5-6-26)8-10-29/h3-4,11-14,17,28,30H,5-10,15H2,1-2H3. The van der Waals surface area contributed by atoms with Gasteiger partial charge in [0.15, 0.2) is 11.3 Å². The first-order valence-corrected chi connectivity index (χ1v) is 11.7. The Morgan fingerprint density at radius 2 is 1.91 bits per heavy atom. The third-order valence-corrected chi connectivity index (χ3v) is 7.39. The van der Waals surface area contributed by atoms with Crippen molar-refractivity contribution < 1.29 is 9.52 Å². The van der Waals surface area contributed by atoms with Gasteiger partial charge in [-0.25, -0.2) is 0 Å². The van der Waals surface area contributed by atoms with E-state index in [1.807, 2.05) is 26.0 Å². The lowest BCUT2D eigenvalue weighted by atomic mass is 9.94. The zero-order valence-electron chi connectivity index (χ0n) is 18.6. The first kappa shape index (κ1) is 21.4. The summed E-state index contributed by atoms with van der Waals surface area (Å²) in [5.74, 6) is 0.665. The summed E-state index contributed by atoms with van der Waals surface area (Å²) in [6.07, 6.45) is 5.03. The maximum Gasteiger partial charge on any atom is 0.200 e. The van der Waals surface area contributed by atoms with Crippen LogP contribution in [0.3, 0.4) is 0 Å². The van der Waals surface area contributed by atoms with E-state index < -0.39 is 0 Å². The second-order valence-corrected chi connectivity index (χ2v) is 9.93. The van der Waals surface area contributed by atoms with Crippen LogP contribution >= 0.6 is 11.6 Å². The highest BCUT2D eigenvalue weighted by atomic mass is 35.5. The van der Waals surface area contributed by atoms with Gasteiger partial charge in [-0.1, -0.05) is 17.7 Å². The fraction of sp³-hybridized carbons (Fsp3) is 0.423. The molecule has 168 valence electrons. The first-order valence-electron chi connectivity index (χ1n) is 11.4. The number of nitrogens with zero attached hydrogens (tertiary/aromatic N) is 1. The molecule has 1 spiro atoms. The fourth-order valence-corrected chi connectivity index (χ4v) is 5.12. The van der Waals surface area contributed by atoms with E-state index in [1.165, 1.54) is 25.7 Å². The number of aliphatic hydroxyl groups is 1. The molecule has 6 heteroatoms. The van der Waals surface area contributed by atoms with Gasteiger partial charge in [0.2, 0.25) is 0 Å². The summed E-state index contributed by atoms with van der Waals surface area (Å²) in [5.41, 5.74) is 4.66. The smallest absolute Gasteiger partial charge is 0.200 e. The van der Waals surface area contributed by atoms with Crippen molar-refractivity contribution in [3.63, 3.8) is 0 Å². The van der Waals surface area contributed by atoms with Gasteiger partial charge < -0.3 is 19.7 Å². The topological polar surface area (TPSA) is 65.7 Å². The summed E-state index contributed by atoms with van der Waals surface area (Å²) in [4.78, 5) is 15.3. The van der Waals surface area contributed by atoms with E-state index in [4.69, 9.17) is 16.0 Å². The van der Waals surface area contributed by atoms with E-state index in [0.717, 1.165) is 35.5 Å². The Morgan fingerprint density at radius 1 is 1.16 bits per heavy atom. The number of anilines is 2. The lowest BCUT2D eigenvalue weighted by Crippen LogP contribution is -2.34. The molecule has 5 nitrogen and oxygen atoms in total. The number of rotatable bonds is 5. The molecule has 0 radical (unpaired) electrons. The van der Waals surface area contributed by atoms with Crippen LogP contribution in [-0.4, -0.2) is 18.2 Å². The number of halogens is 1. The first-order chi connectivity index (χ1) is 15.4. The number of aryl methyl sites for hydroxylation is 1. The number of nitrogens with one attached hydrogen (secondary N) is 1. The van der Waals surface area contributed by atoms with Crippen molar-refractivity contribution >= 4 is 34.1 Å². The summed E-state index contributed by atoms with van der Waals surface area (Å²) in [7, 11) is 0. The van der Waals surface area contributed by atoms with E-state index in [-0.39, 0.29) is 18.1 Å². The van der Waals surface area contributed by atoms with Gasteiger partial charge in [-0.2, -0.15) is 0 Å².